The van der Waals surface area contributed by atoms with E-state index in [0.29, 0.717) is 16.6 Å². The molecular formula is C14H15Cl2N3O. The highest BCUT2D eigenvalue weighted by Gasteiger charge is 2.08. The first-order chi connectivity index (χ1) is 9.63. The zero-order valence-electron chi connectivity index (χ0n) is 11.3. The van der Waals surface area contributed by atoms with Crippen molar-refractivity contribution in [1.82, 2.24) is 9.97 Å². The van der Waals surface area contributed by atoms with Crippen molar-refractivity contribution in [2.75, 3.05) is 12.4 Å². The maximum Gasteiger partial charge on any atom is 0.224 e. The molecule has 1 aromatic heterocycles. The predicted molar refractivity (Wildman–Crippen MR) is 82.3 cm³/mol. The molecule has 1 aromatic carbocycles. The molecule has 0 amide bonds. The number of hydrogen-bond donors (Lipinski definition) is 1. The fraction of sp³-hybridized carbons (Fsp3) is 0.286. The minimum Gasteiger partial charge on any atom is -0.495 e. The summed E-state index contributed by atoms with van der Waals surface area (Å²) in [6.07, 6.45) is 3.63. The van der Waals surface area contributed by atoms with Gasteiger partial charge < -0.3 is 10.1 Å². The van der Waals surface area contributed by atoms with Gasteiger partial charge in [0.2, 0.25) is 5.28 Å². The van der Waals surface area contributed by atoms with Gasteiger partial charge in [-0.2, -0.15) is 0 Å². The van der Waals surface area contributed by atoms with Crippen LogP contribution >= 0.6 is 23.2 Å². The van der Waals surface area contributed by atoms with Gasteiger partial charge in [-0.1, -0.05) is 24.9 Å². The third-order valence-electron chi connectivity index (χ3n) is 2.77. The van der Waals surface area contributed by atoms with Crippen molar-refractivity contribution < 1.29 is 4.74 Å². The maximum atomic E-state index is 6.01. The van der Waals surface area contributed by atoms with Gasteiger partial charge in [0.15, 0.2) is 0 Å². The highest BCUT2D eigenvalue weighted by molar-refractivity contribution is 6.32. The molecule has 2 aromatic rings. The Morgan fingerprint density at radius 2 is 2.10 bits per heavy atom. The molecule has 0 saturated carbocycles. The Hall–Kier alpha value is -1.52. The molecule has 0 atom stereocenters. The highest BCUT2D eigenvalue weighted by Crippen LogP contribution is 2.29. The summed E-state index contributed by atoms with van der Waals surface area (Å²) < 4.78 is 5.19. The smallest absolute Gasteiger partial charge is 0.224 e. The molecule has 4 nitrogen and oxygen atoms in total. The molecular weight excluding hydrogens is 297 g/mol. The Balaban J connectivity index is 2.31. The fourth-order valence-electron chi connectivity index (χ4n) is 1.82. The summed E-state index contributed by atoms with van der Waals surface area (Å²) in [7, 11) is 1.58. The van der Waals surface area contributed by atoms with Crippen molar-refractivity contribution in [3.05, 3.63) is 40.3 Å². The lowest BCUT2D eigenvalue weighted by Gasteiger charge is -2.12. The molecule has 1 N–H and O–H groups in total. The number of hydrogen-bond acceptors (Lipinski definition) is 4. The van der Waals surface area contributed by atoms with Crippen LogP contribution in [0, 0.1) is 0 Å². The minimum absolute atomic E-state index is 0.216. The summed E-state index contributed by atoms with van der Waals surface area (Å²) in [5, 5.41) is 4.00. The van der Waals surface area contributed by atoms with Crippen LogP contribution in [0.4, 0.5) is 11.5 Å². The van der Waals surface area contributed by atoms with E-state index in [2.05, 4.69) is 22.2 Å². The van der Waals surface area contributed by atoms with Gasteiger partial charge in [-0.15, -0.1) is 0 Å². The number of ether oxygens (including phenoxy) is 1. The van der Waals surface area contributed by atoms with Gasteiger partial charge in [-0.25, -0.2) is 9.97 Å². The Morgan fingerprint density at radius 3 is 2.80 bits per heavy atom. The first kappa shape index (κ1) is 14.9. The van der Waals surface area contributed by atoms with Gasteiger partial charge in [0.25, 0.3) is 0 Å². The molecule has 0 saturated heterocycles. The Morgan fingerprint density at radius 1 is 1.30 bits per heavy atom. The van der Waals surface area contributed by atoms with E-state index >= 15 is 0 Å². The first-order valence-corrected chi connectivity index (χ1v) is 7.01. The van der Waals surface area contributed by atoms with Crippen molar-refractivity contribution >= 4 is 34.7 Å². The first-order valence-electron chi connectivity index (χ1n) is 6.26. The van der Waals surface area contributed by atoms with Crippen molar-refractivity contribution in [2.24, 2.45) is 0 Å². The van der Waals surface area contributed by atoms with Crippen molar-refractivity contribution in [3.8, 4) is 5.75 Å². The lowest BCUT2D eigenvalue weighted by atomic mass is 10.2. The Kier molecular flexibility index (Phi) is 5.04. The molecule has 0 unspecified atom stereocenters. The number of anilines is 2. The van der Waals surface area contributed by atoms with Crippen molar-refractivity contribution in [3.63, 3.8) is 0 Å². The second-order valence-electron chi connectivity index (χ2n) is 4.24. The zero-order valence-corrected chi connectivity index (χ0v) is 12.8. The van der Waals surface area contributed by atoms with Gasteiger partial charge in [-0.3, -0.25) is 0 Å². The molecule has 1 heterocycles. The van der Waals surface area contributed by atoms with Crippen LogP contribution in [0.1, 0.15) is 18.9 Å². The van der Waals surface area contributed by atoms with Crippen molar-refractivity contribution in [1.29, 1.82) is 0 Å². The summed E-state index contributed by atoms with van der Waals surface area (Å²) in [5.74, 6) is 1.31. The summed E-state index contributed by atoms with van der Waals surface area (Å²) in [4.78, 5) is 8.25. The van der Waals surface area contributed by atoms with Gasteiger partial charge in [0.05, 0.1) is 12.1 Å². The largest absolute Gasteiger partial charge is 0.495 e. The number of halogens is 2. The number of nitrogens with one attached hydrogen (secondary N) is 1. The molecule has 106 valence electrons. The SMILES string of the molecule is CCCc1cnc(Cl)nc1Nc1ccc(Cl)c(OC)c1. The van der Waals surface area contributed by atoms with Crippen LogP contribution in [0.2, 0.25) is 10.3 Å². The van der Waals surface area contributed by atoms with Gasteiger partial charge in [0.1, 0.15) is 11.6 Å². The standard InChI is InChI=1S/C14H15Cl2N3O/c1-3-4-9-8-17-14(16)19-13(9)18-10-5-6-11(15)12(7-10)20-2/h5-8H,3-4H2,1-2H3,(H,17,18,19). The quantitative estimate of drug-likeness (QED) is 0.826. The average molecular weight is 312 g/mol. The number of benzene rings is 1. The van der Waals surface area contributed by atoms with Crippen LogP contribution in [0.15, 0.2) is 24.4 Å². The molecule has 0 aliphatic carbocycles. The Labute approximate surface area is 128 Å². The number of rotatable bonds is 5. The van der Waals surface area contributed by atoms with E-state index < -0.39 is 0 Å². The molecule has 6 heteroatoms. The third-order valence-corrected chi connectivity index (χ3v) is 3.26. The van der Waals surface area contributed by atoms with E-state index in [-0.39, 0.29) is 5.28 Å². The normalized spacial score (nSPS) is 10.4. The van der Waals surface area contributed by atoms with E-state index in [9.17, 15) is 0 Å². The van der Waals surface area contributed by atoms with Crippen LogP contribution in [-0.2, 0) is 6.42 Å². The van der Waals surface area contributed by atoms with Crippen molar-refractivity contribution in [2.45, 2.75) is 19.8 Å². The molecule has 0 bridgehead atoms. The van der Waals surface area contributed by atoms with Gasteiger partial charge >= 0.3 is 0 Å². The van der Waals surface area contributed by atoms with E-state index in [0.717, 1.165) is 24.1 Å². The molecule has 0 aliphatic rings. The highest BCUT2D eigenvalue weighted by atomic mass is 35.5. The average Bonchev–Trinajstić information content (AvgIpc) is 2.44. The van der Waals surface area contributed by atoms with Gasteiger partial charge in [0, 0.05) is 23.5 Å². The lowest BCUT2D eigenvalue weighted by Crippen LogP contribution is -2.01. The zero-order chi connectivity index (χ0) is 14.5. The Bertz CT molecular complexity index is 605. The molecule has 0 aliphatic heterocycles. The monoisotopic (exact) mass is 311 g/mol. The third kappa shape index (κ3) is 3.52. The molecule has 20 heavy (non-hydrogen) atoms. The van der Waals surface area contributed by atoms with Crippen LogP contribution in [-0.4, -0.2) is 17.1 Å². The topological polar surface area (TPSA) is 47.0 Å². The van der Waals surface area contributed by atoms with E-state index in [4.69, 9.17) is 27.9 Å². The second-order valence-corrected chi connectivity index (χ2v) is 4.98. The maximum absolute atomic E-state index is 6.01. The molecule has 0 fully saturated rings. The van der Waals surface area contributed by atoms with E-state index in [1.54, 1.807) is 19.4 Å². The summed E-state index contributed by atoms with van der Waals surface area (Å²) >= 11 is 11.9. The van der Waals surface area contributed by atoms with Crippen LogP contribution in [0.25, 0.3) is 0 Å². The van der Waals surface area contributed by atoms with Crippen LogP contribution in [0.5, 0.6) is 5.75 Å². The van der Waals surface area contributed by atoms with Crippen LogP contribution < -0.4 is 10.1 Å². The number of nitrogens with zero attached hydrogens (tertiary/aromatic N) is 2. The predicted octanol–water partition coefficient (Wildman–Crippen LogP) is 4.49. The van der Waals surface area contributed by atoms with Gasteiger partial charge in [-0.05, 0) is 30.2 Å². The summed E-state index contributed by atoms with van der Waals surface area (Å²) in [6, 6.07) is 5.44. The molecule has 0 spiro atoms. The van der Waals surface area contributed by atoms with E-state index in [1.807, 2.05) is 12.1 Å². The minimum atomic E-state index is 0.216. The van der Waals surface area contributed by atoms with E-state index in [1.165, 1.54) is 0 Å². The lowest BCUT2D eigenvalue weighted by molar-refractivity contribution is 0.415. The number of methoxy groups -OCH3 is 1. The molecule has 2 rings (SSSR count). The number of aromatic nitrogens is 2. The summed E-state index contributed by atoms with van der Waals surface area (Å²) in [5.41, 5.74) is 1.85. The summed E-state index contributed by atoms with van der Waals surface area (Å²) in [6.45, 7) is 2.10. The second kappa shape index (κ2) is 6.77. The fourth-order valence-corrected chi connectivity index (χ4v) is 2.15. The number of aryl methyl sites for hydroxylation is 1. The molecule has 0 radical (unpaired) electrons. The van der Waals surface area contributed by atoms with Crippen LogP contribution in [0.3, 0.4) is 0 Å².